The average Bonchev–Trinajstić information content (AvgIpc) is 2.28. The van der Waals surface area contributed by atoms with E-state index >= 15 is 0 Å². The molecule has 0 atom stereocenters. The van der Waals surface area contributed by atoms with Crippen LogP contribution in [0.4, 0.5) is 11.4 Å². The minimum absolute atomic E-state index is 0.00830. The number of ether oxygens (including phenoxy) is 1. The van der Waals surface area contributed by atoms with Gasteiger partial charge in [-0.15, -0.1) is 11.6 Å². The molecule has 2 N–H and O–H groups in total. The van der Waals surface area contributed by atoms with Crippen LogP contribution in [0.2, 0.25) is 0 Å². The number of aliphatic imine (C=N–C) groups is 1. The van der Waals surface area contributed by atoms with E-state index in [1.54, 1.807) is 0 Å². The van der Waals surface area contributed by atoms with E-state index in [9.17, 15) is 10.1 Å². The summed E-state index contributed by atoms with van der Waals surface area (Å²) in [6, 6.07) is 4.21. The van der Waals surface area contributed by atoms with E-state index in [4.69, 9.17) is 22.1 Å². The summed E-state index contributed by atoms with van der Waals surface area (Å²) in [6.45, 7) is 0. The van der Waals surface area contributed by atoms with Crippen molar-refractivity contribution in [3.8, 4) is 5.75 Å². The van der Waals surface area contributed by atoms with E-state index in [2.05, 4.69) is 4.99 Å². The molecule has 86 valence electrons. The molecule has 16 heavy (non-hydrogen) atoms. The van der Waals surface area contributed by atoms with Gasteiger partial charge in [0.05, 0.1) is 17.9 Å². The normalized spacial score (nSPS) is 11.2. The molecule has 0 aliphatic carbocycles. The van der Waals surface area contributed by atoms with Crippen LogP contribution in [-0.2, 0) is 0 Å². The van der Waals surface area contributed by atoms with Gasteiger partial charge < -0.3 is 10.5 Å². The van der Waals surface area contributed by atoms with Gasteiger partial charge in [0, 0.05) is 12.1 Å². The van der Waals surface area contributed by atoms with Crippen LogP contribution in [-0.4, -0.2) is 23.7 Å². The molecule has 0 aromatic heterocycles. The van der Waals surface area contributed by atoms with Gasteiger partial charge >= 0.3 is 0 Å². The Kier molecular flexibility index (Phi) is 4.07. The van der Waals surface area contributed by atoms with Crippen LogP contribution in [0, 0.1) is 10.1 Å². The predicted octanol–water partition coefficient (Wildman–Crippen LogP) is 1.83. The maximum absolute atomic E-state index is 10.7. The second-order valence-electron chi connectivity index (χ2n) is 2.85. The quantitative estimate of drug-likeness (QED) is 0.287. The Labute approximate surface area is 96.8 Å². The van der Waals surface area contributed by atoms with E-state index in [0.29, 0.717) is 5.75 Å². The van der Waals surface area contributed by atoms with Gasteiger partial charge in [-0.05, 0) is 6.07 Å². The number of amidine groups is 1. The molecule has 0 saturated carbocycles. The van der Waals surface area contributed by atoms with Crippen molar-refractivity contribution in [1.82, 2.24) is 0 Å². The first-order valence-corrected chi connectivity index (χ1v) is 4.83. The highest BCUT2D eigenvalue weighted by Crippen LogP contribution is 2.31. The number of methoxy groups -OCH3 is 1. The number of nitrogens with two attached hydrogens (primary N) is 1. The molecule has 0 bridgehead atoms. The molecule has 1 rings (SSSR count). The van der Waals surface area contributed by atoms with Crippen LogP contribution in [0.15, 0.2) is 23.2 Å². The molecule has 0 amide bonds. The molecule has 1 aromatic carbocycles. The fourth-order valence-electron chi connectivity index (χ4n) is 1.06. The van der Waals surface area contributed by atoms with Crippen LogP contribution >= 0.6 is 11.6 Å². The number of halogens is 1. The standard InChI is InChI=1S/C9H10ClN3O3/c1-16-6-2-3-8(13(14)15)7(4-6)12-9(11)5-10/h2-4H,5H2,1H3,(H2,11,12). The average molecular weight is 244 g/mol. The lowest BCUT2D eigenvalue weighted by Gasteiger charge is -2.02. The summed E-state index contributed by atoms with van der Waals surface area (Å²) in [5.41, 5.74) is 5.40. The summed E-state index contributed by atoms with van der Waals surface area (Å²) < 4.78 is 4.94. The number of alkyl halides is 1. The molecule has 7 heteroatoms. The SMILES string of the molecule is COc1ccc([N+](=O)[O-])c(N=C(N)CCl)c1. The van der Waals surface area contributed by atoms with Crippen LogP contribution in [0.3, 0.4) is 0 Å². The first-order valence-electron chi connectivity index (χ1n) is 4.30. The van der Waals surface area contributed by atoms with Crippen molar-refractivity contribution in [1.29, 1.82) is 0 Å². The maximum Gasteiger partial charge on any atom is 0.295 e. The smallest absolute Gasteiger partial charge is 0.295 e. The number of rotatable bonds is 4. The van der Waals surface area contributed by atoms with Crippen molar-refractivity contribution >= 4 is 28.8 Å². The number of nitrogens with zero attached hydrogens (tertiary/aromatic N) is 2. The highest BCUT2D eigenvalue weighted by atomic mass is 35.5. The van der Waals surface area contributed by atoms with Gasteiger partial charge in [-0.25, -0.2) is 4.99 Å². The summed E-state index contributed by atoms with van der Waals surface area (Å²) in [7, 11) is 1.46. The zero-order chi connectivity index (χ0) is 12.1. The maximum atomic E-state index is 10.7. The molecule has 0 saturated heterocycles. The van der Waals surface area contributed by atoms with Gasteiger partial charge in [0.25, 0.3) is 5.69 Å². The summed E-state index contributed by atoms with van der Waals surface area (Å²) in [5, 5.41) is 10.7. The molecule has 0 aliphatic rings. The molecule has 0 heterocycles. The lowest BCUT2D eigenvalue weighted by atomic mass is 10.2. The third-order valence-corrected chi connectivity index (χ3v) is 2.05. The third kappa shape index (κ3) is 2.83. The molecule has 0 fully saturated rings. The second-order valence-corrected chi connectivity index (χ2v) is 3.12. The fraction of sp³-hybridized carbons (Fsp3) is 0.222. The minimum atomic E-state index is -0.542. The van der Waals surface area contributed by atoms with E-state index < -0.39 is 4.92 Å². The topological polar surface area (TPSA) is 90.8 Å². The van der Waals surface area contributed by atoms with Crippen molar-refractivity contribution in [2.75, 3.05) is 13.0 Å². The molecule has 1 aromatic rings. The molecule has 0 radical (unpaired) electrons. The Hall–Kier alpha value is -1.82. The Balaban J connectivity index is 3.25. The zero-order valence-electron chi connectivity index (χ0n) is 8.51. The number of nitro benzene ring substituents is 1. The predicted molar refractivity (Wildman–Crippen MR) is 61.7 cm³/mol. The number of benzene rings is 1. The molecule has 0 spiro atoms. The molecule has 0 unspecified atom stereocenters. The summed E-state index contributed by atoms with van der Waals surface area (Å²) >= 11 is 5.45. The molecular weight excluding hydrogens is 234 g/mol. The van der Waals surface area contributed by atoms with E-state index in [1.165, 1.54) is 25.3 Å². The van der Waals surface area contributed by atoms with E-state index in [0.717, 1.165) is 0 Å². The lowest BCUT2D eigenvalue weighted by molar-refractivity contribution is -0.384. The van der Waals surface area contributed by atoms with Crippen LogP contribution < -0.4 is 10.5 Å². The molecule has 6 nitrogen and oxygen atoms in total. The Morgan fingerprint density at radius 3 is 2.88 bits per heavy atom. The Bertz CT molecular complexity index is 434. The summed E-state index contributed by atoms with van der Waals surface area (Å²) in [4.78, 5) is 14.0. The van der Waals surface area contributed by atoms with Gasteiger partial charge in [0.2, 0.25) is 0 Å². The van der Waals surface area contributed by atoms with Crippen molar-refractivity contribution in [3.63, 3.8) is 0 Å². The van der Waals surface area contributed by atoms with Gasteiger partial charge in [0.15, 0.2) is 0 Å². The van der Waals surface area contributed by atoms with Crippen molar-refractivity contribution in [2.24, 2.45) is 10.7 Å². The van der Waals surface area contributed by atoms with Gasteiger partial charge in [-0.1, -0.05) is 0 Å². The van der Waals surface area contributed by atoms with Gasteiger partial charge in [-0.3, -0.25) is 10.1 Å². The van der Waals surface area contributed by atoms with Crippen molar-refractivity contribution in [2.45, 2.75) is 0 Å². The first kappa shape index (κ1) is 12.3. The number of hydrogen-bond donors (Lipinski definition) is 1. The largest absolute Gasteiger partial charge is 0.497 e. The molecular formula is C9H10ClN3O3. The Morgan fingerprint density at radius 2 is 2.38 bits per heavy atom. The van der Waals surface area contributed by atoms with Crippen LogP contribution in [0.5, 0.6) is 5.75 Å². The Morgan fingerprint density at radius 1 is 1.69 bits per heavy atom. The summed E-state index contributed by atoms with van der Waals surface area (Å²) in [5.74, 6) is 0.582. The van der Waals surface area contributed by atoms with Crippen LogP contribution in [0.25, 0.3) is 0 Å². The van der Waals surface area contributed by atoms with Crippen LogP contribution in [0.1, 0.15) is 0 Å². The fourth-order valence-corrected chi connectivity index (χ4v) is 1.12. The van der Waals surface area contributed by atoms with E-state index in [1.807, 2.05) is 0 Å². The number of nitro groups is 1. The highest BCUT2D eigenvalue weighted by molar-refractivity contribution is 6.28. The zero-order valence-corrected chi connectivity index (χ0v) is 9.27. The third-order valence-electron chi connectivity index (χ3n) is 1.78. The van der Waals surface area contributed by atoms with E-state index in [-0.39, 0.29) is 23.1 Å². The monoisotopic (exact) mass is 243 g/mol. The lowest BCUT2D eigenvalue weighted by Crippen LogP contribution is -2.12. The first-order chi connectivity index (χ1) is 7.58. The van der Waals surface area contributed by atoms with Gasteiger partial charge in [0.1, 0.15) is 17.3 Å². The van der Waals surface area contributed by atoms with Crippen molar-refractivity contribution < 1.29 is 9.66 Å². The minimum Gasteiger partial charge on any atom is -0.497 e. The van der Waals surface area contributed by atoms with Crippen molar-refractivity contribution in [3.05, 3.63) is 28.3 Å². The number of hydrogen-bond acceptors (Lipinski definition) is 4. The summed E-state index contributed by atoms with van der Waals surface area (Å²) in [6.07, 6.45) is 0. The second kappa shape index (κ2) is 5.32. The van der Waals surface area contributed by atoms with Gasteiger partial charge in [-0.2, -0.15) is 0 Å². The molecule has 0 aliphatic heterocycles. The highest BCUT2D eigenvalue weighted by Gasteiger charge is 2.14.